The summed E-state index contributed by atoms with van der Waals surface area (Å²) >= 11 is 6.35. The number of aromatic nitrogens is 1. The first-order valence-electron chi connectivity index (χ1n) is 10.8. The number of benzene rings is 1. The van der Waals surface area contributed by atoms with Gasteiger partial charge < -0.3 is 9.47 Å². The predicted molar refractivity (Wildman–Crippen MR) is 123 cm³/mol. The van der Waals surface area contributed by atoms with Gasteiger partial charge in [-0.2, -0.15) is 0 Å². The molecule has 1 heterocycles. The average molecular weight is 417 g/mol. The summed E-state index contributed by atoms with van der Waals surface area (Å²) in [4.78, 5) is 15.1. The lowest BCUT2D eigenvalue weighted by atomic mass is 9.84. The summed E-state index contributed by atoms with van der Waals surface area (Å²) in [5.41, 5.74) is 2.49. The van der Waals surface area contributed by atoms with Gasteiger partial charge in [0.2, 0.25) is 5.91 Å². The minimum atomic E-state index is 0.248. The average Bonchev–Trinajstić information content (AvgIpc) is 3.05. The van der Waals surface area contributed by atoms with Crippen LogP contribution in [-0.4, -0.2) is 21.9 Å². The number of carbonyl (C=O) groups is 1. The molecule has 1 aromatic heterocycles. The SMILES string of the molecule is CCCCN(Cc1cccn1Cc1ccccc1Cl)C(=O)CC(C)CC(C)(C)C. The first kappa shape index (κ1) is 23.5. The monoisotopic (exact) mass is 416 g/mol. The Kier molecular flexibility index (Phi) is 8.82. The van der Waals surface area contributed by atoms with Crippen LogP contribution >= 0.6 is 11.6 Å². The molecule has 0 spiro atoms. The topological polar surface area (TPSA) is 25.2 Å². The van der Waals surface area contributed by atoms with Crippen molar-refractivity contribution in [1.29, 1.82) is 0 Å². The predicted octanol–water partition coefficient (Wildman–Crippen LogP) is 6.78. The lowest BCUT2D eigenvalue weighted by Gasteiger charge is -2.27. The lowest BCUT2D eigenvalue weighted by molar-refractivity contribution is -0.133. The van der Waals surface area contributed by atoms with Crippen LogP contribution in [0.2, 0.25) is 5.02 Å². The molecule has 1 unspecified atom stereocenters. The van der Waals surface area contributed by atoms with Crippen molar-refractivity contribution in [2.24, 2.45) is 11.3 Å². The third-order valence-corrected chi connectivity index (χ3v) is 5.56. The van der Waals surface area contributed by atoms with Crippen molar-refractivity contribution >= 4 is 17.5 Å². The highest BCUT2D eigenvalue weighted by atomic mass is 35.5. The van der Waals surface area contributed by atoms with Crippen molar-refractivity contribution in [2.75, 3.05) is 6.54 Å². The Bertz CT molecular complexity index is 775. The molecule has 0 saturated heterocycles. The molecule has 160 valence electrons. The van der Waals surface area contributed by atoms with E-state index in [-0.39, 0.29) is 11.3 Å². The van der Waals surface area contributed by atoms with Crippen LogP contribution in [0.15, 0.2) is 42.6 Å². The van der Waals surface area contributed by atoms with Crippen molar-refractivity contribution in [3.05, 3.63) is 58.9 Å². The summed E-state index contributed by atoms with van der Waals surface area (Å²) in [5, 5.41) is 0.780. The molecule has 1 atom stereocenters. The summed E-state index contributed by atoms with van der Waals surface area (Å²) < 4.78 is 2.20. The number of unbranched alkanes of at least 4 members (excludes halogenated alkanes) is 1. The Balaban J connectivity index is 2.09. The number of nitrogens with zero attached hydrogens (tertiary/aromatic N) is 2. The molecule has 0 bridgehead atoms. The van der Waals surface area contributed by atoms with Gasteiger partial charge in [0.15, 0.2) is 0 Å². The van der Waals surface area contributed by atoms with E-state index in [9.17, 15) is 4.79 Å². The molecule has 0 radical (unpaired) electrons. The van der Waals surface area contributed by atoms with Crippen molar-refractivity contribution in [2.45, 2.75) is 73.4 Å². The zero-order valence-electron chi connectivity index (χ0n) is 18.7. The second-order valence-corrected chi connectivity index (χ2v) is 9.87. The normalized spacial score (nSPS) is 12.8. The van der Waals surface area contributed by atoms with Crippen LogP contribution < -0.4 is 0 Å². The van der Waals surface area contributed by atoms with E-state index in [1.165, 1.54) is 0 Å². The largest absolute Gasteiger partial charge is 0.345 e. The Labute approximate surface area is 182 Å². The van der Waals surface area contributed by atoms with Crippen molar-refractivity contribution in [1.82, 2.24) is 9.47 Å². The van der Waals surface area contributed by atoms with E-state index in [2.05, 4.69) is 63.6 Å². The number of rotatable bonds is 10. The molecule has 0 N–H and O–H groups in total. The minimum absolute atomic E-state index is 0.248. The Morgan fingerprint density at radius 2 is 1.90 bits per heavy atom. The van der Waals surface area contributed by atoms with E-state index >= 15 is 0 Å². The maximum absolute atomic E-state index is 13.1. The Morgan fingerprint density at radius 1 is 1.17 bits per heavy atom. The standard InChI is InChI=1S/C25H37ClN2O/c1-6-7-14-28(24(29)16-20(2)17-25(3,4)5)19-22-12-10-15-27(22)18-21-11-8-9-13-23(21)26/h8-13,15,20H,6-7,14,16-19H2,1-5H3. The molecule has 3 nitrogen and oxygen atoms in total. The number of halogens is 1. The molecular formula is C25H37ClN2O. The quantitative estimate of drug-likeness (QED) is 0.419. The van der Waals surface area contributed by atoms with Crippen LogP contribution in [0, 0.1) is 11.3 Å². The van der Waals surface area contributed by atoms with Gasteiger partial charge in [-0.15, -0.1) is 0 Å². The maximum atomic E-state index is 13.1. The van der Waals surface area contributed by atoms with Crippen LogP contribution in [0.25, 0.3) is 0 Å². The van der Waals surface area contributed by atoms with Gasteiger partial charge in [-0.3, -0.25) is 4.79 Å². The van der Waals surface area contributed by atoms with Crippen LogP contribution in [0.4, 0.5) is 0 Å². The lowest BCUT2D eigenvalue weighted by Crippen LogP contribution is -2.33. The van der Waals surface area contributed by atoms with Crippen LogP contribution in [-0.2, 0) is 17.9 Å². The van der Waals surface area contributed by atoms with Crippen molar-refractivity contribution < 1.29 is 4.79 Å². The zero-order chi connectivity index (χ0) is 21.4. The minimum Gasteiger partial charge on any atom is -0.345 e. The first-order valence-corrected chi connectivity index (χ1v) is 11.2. The molecule has 0 saturated carbocycles. The van der Waals surface area contributed by atoms with Crippen LogP contribution in [0.1, 0.15) is 71.6 Å². The van der Waals surface area contributed by atoms with Gasteiger partial charge in [0.05, 0.1) is 6.54 Å². The molecule has 0 aliphatic carbocycles. The maximum Gasteiger partial charge on any atom is 0.223 e. The van der Waals surface area contributed by atoms with E-state index in [1.54, 1.807) is 0 Å². The van der Waals surface area contributed by atoms with E-state index < -0.39 is 0 Å². The van der Waals surface area contributed by atoms with Gasteiger partial charge >= 0.3 is 0 Å². The number of hydrogen-bond acceptors (Lipinski definition) is 1. The van der Waals surface area contributed by atoms with Crippen LogP contribution in [0.3, 0.4) is 0 Å². The molecule has 0 aliphatic rings. The molecule has 1 aromatic carbocycles. The van der Waals surface area contributed by atoms with Crippen molar-refractivity contribution in [3.63, 3.8) is 0 Å². The molecule has 29 heavy (non-hydrogen) atoms. The van der Waals surface area contributed by atoms with Crippen LogP contribution in [0.5, 0.6) is 0 Å². The van der Waals surface area contributed by atoms with Gasteiger partial charge in [-0.1, -0.05) is 70.8 Å². The third-order valence-electron chi connectivity index (χ3n) is 5.19. The fraction of sp³-hybridized carbons (Fsp3) is 0.560. The number of amides is 1. The Hall–Kier alpha value is -1.74. The molecule has 4 heteroatoms. The van der Waals surface area contributed by atoms with Gasteiger partial charge in [0, 0.05) is 36.4 Å². The highest BCUT2D eigenvalue weighted by molar-refractivity contribution is 6.31. The van der Waals surface area contributed by atoms with Gasteiger partial charge in [0.25, 0.3) is 0 Å². The summed E-state index contributed by atoms with van der Waals surface area (Å²) in [5.74, 6) is 0.655. The highest BCUT2D eigenvalue weighted by Gasteiger charge is 2.21. The van der Waals surface area contributed by atoms with E-state index in [1.807, 2.05) is 23.1 Å². The fourth-order valence-corrected chi connectivity index (χ4v) is 4.13. The van der Waals surface area contributed by atoms with Gasteiger partial charge in [0.1, 0.15) is 0 Å². The van der Waals surface area contributed by atoms with Crippen molar-refractivity contribution in [3.8, 4) is 0 Å². The van der Waals surface area contributed by atoms with Gasteiger partial charge in [-0.25, -0.2) is 0 Å². The first-order chi connectivity index (χ1) is 13.7. The third kappa shape index (κ3) is 7.89. The molecule has 2 rings (SSSR count). The number of hydrogen-bond donors (Lipinski definition) is 0. The van der Waals surface area contributed by atoms with E-state index in [4.69, 9.17) is 11.6 Å². The molecule has 2 aromatic rings. The highest BCUT2D eigenvalue weighted by Crippen LogP contribution is 2.27. The number of carbonyl (C=O) groups excluding carboxylic acids is 1. The second kappa shape index (κ2) is 10.9. The summed E-state index contributed by atoms with van der Waals surface area (Å²) in [7, 11) is 0. The smallest absolute Gasteiger partial charge is 0.223 e. The molecular weight excluding hydrogens is 380 g/mol. The fourth-order valence-electron chi connectivity index (χ4n) is 3.94. The summed E-state index contributed by atoms with van der Waals surface area (Å²) in [6.07, 6.45) is 5.87. The summed E-state index contributed by atoms with van der Waals surface area (Å²) in [6.45, 7) is 13.3. The zero-order valence-corrected chi connectivity index (χ0v) is 19.5. The Morgan fingerprint density at radius 3 is 2.55 bits per heavy atom. The second-order valence-electron chi connectivity index (χ2n) is 9.46. The molecule has 0 fully saturated rings. The van der Waals surface area contributed by atoms with E-state index in [0.29, 0.717) is 18.9 Å². The van der Waals surface area contributed by atoms with Gasteiger partial charge in [-0.05, 0) is 47.9 Å². The summed E-state index contributed by atoms with van der Waals surface area (Å²) in [6, 6.07) is 12.1. The molecule has 0 aliphatic heterocycles. The molecule has 1 amide bonds. The van der Waals surface area contributed by atoms with E-state index in [0.717, 1.165) is 48.6 Å².